The minimum absolute atomic E-state index is 0.178. The van der Waals surface area contributed by atoms with Gasteiger partial charge in [-0.3, -0.25) is 0 Å². The molecule has 6 heteroatoms. The number of carbonyl (C=O) groups excluding carboxylic acids is 1. The van der Waals surface area contributed by atoms with E-state index in [4.69, 9.17) is 22.1 Å². The Labute approximate surface area is 128 Å². The molecule has 0 aromatic heterocycles. The van der Waals surface area contributed by atoms with Gasteiger partial charge in [0.25, 0.3) is 0 Å². The first kappa shape index (κ1) is 14.8. The van der Waals surface area contributed by atoms with E-state index < -0.39 is 11.8 Å². The summed E-state index contributed by atoms with van der Waals surface area (Å²) in [7, 11) is 0. The molecule has 0 heterocycles. The van der Waals surface area contributed by atoms with Crippen LogP contribution in [0.4, 0.5) is 10.1 Å². The molecule has 2 aromatic rings. The van der Waals surface area contributed by atoms with Crippen LogP contribution in [0.3, 0.4) is 0 Å². The van der Waals surface area contributed by atoms with Crippen LogP contribution in [-0.2, 0) is 11.3 Å². The molecule has 0 radical (unpaired) electrons. The smallest absolute Gasteiger partial charge is 0.339 e. The van der Waals surface area contributed by atoms with Crippen LogP contribution in [0.1, 0.15) is 15.9 Å². The molecule has 0 bridgehead atoms. The molecule has 0 amide bonds. The van der Waals surface area contributed by atoms with Crippen molar-refractivity contribution in [3.8, 4) is 0 Å². The van der Waals surface area contributed by atoms with E-state index in [0.29, 0.717) is 15.7 Å². The highest BCUT2D eigenvalue weighted by Crippen LogP contribution is 2.25. The molecule has 0 atom stereocenters. The Balaban J connectivity index is 2.11. The summed E-state index contributed by atoms with van der Waals surface area (Å²) in [6, 6.07) is 9.03. The Kier molecular flexibility index (Phi) is 4.62. The minimum atomic E-state index is -0.585. The molecule has 104 valence electrons. The van der Waals surface area contributed by atoms with Gasteiger partial charge in [0.05, 0.1) is 10.0 Å². The Morgan fingerprint density at radius 3 is 2.80 bits per heavy atom. The molecule has 20 heavy (non-hydrogen) atoms. The summed E-state index contributed by atoms with van der Waals surface area (Å²) in [6.45, 7) is -0.178. The number of carbonyl (C=O) groups is 1. The van der Waals surface area contributed by atoms with Gasteiger partial charge in [-0.1, -0.05) is 23.7 Å². The number of nitrogen functional groups attached to an aromatic ring is 1. The quantitative estimate of drug-likeness (QED) is 0.661. The molecule has 0 aliphatic heterocycles. The topological polar surface area (TPSA) is 52.3 Å². The standard InChI is InChI=1S/C14H10BrClFNO2/c15-13-10(2-1-3-12(13)18)14(19)20-7-8-4-5-9(16)6-11(8)17/h1-6H,7,18H2. The van der Waals surface area contributed by atoms with E-state index in [2.05, 4.69) is 15.9 Å². The lowest BCUT2D eigenvalue weighted by molar-refractivity contribution is 0.0468. The fraction of sp³-hybridized carbons (Fsp3) is 0.0714. The van der Waals surface area contributed by atoms with Crippen molar-refractivity contribution in [2.75, 3.05) is 5.73 Å². The third-order valence-corrected chi connectivity index (χ3v) is 3.74. The summed E-state index contributed by atoms with van der Waals surface area (Å²) in [5.74, 6) is -1.10. The minimum Gasteiger partial charge on any atom is -0.457 e. The molecule has 0 spiro atoms. The number of ether oxygens (including phenoxy) is 1. The number of hydrogen-bond donors (Lipinski definition) is 1. The molecule has 2 rings (SSSR count). The average molecular weight is 359 g/mol. The SMILES string of the molecule is Nc1cccc(C(=O)OCc2ccc(Cl)cc2F)c1Br. The normalized spacial score (nSPS) is 10.3. The van der Waals surface area contributed by atoms with E-state index in [1.807, 2.05) is 0 Å². The second-order valence-electron chi connectivity index (χ2n) is 4.02. The van der Waals surface area contributed by atoms with Crippen molar-refractivity contribution >= 4 is 39.2 Å². The first-order chi connectivity index (χ1) is 9.49. The summed E-state index contributed by atoms with van der Waals surface area (Å²) in [5, 5.41) is 0.288. The van der Waals surface area contributed by atoms with Crippen LogP contribution in [0.5, 0.6) is 0 Å². The number of halogens is 3. The summed E-state index contributed by atoms with van der Waals surface area (Å²) >= 11 is 8.86. The first-order valence-electron chi connectivity index (χ1n) is 5.64. The molecular weight excluding hydrogens is 349 g/mol. The summed E-state index contributed by atoms with van der Waals surface area (Å²) in [4.78, 5) is 11.9. The van der Waals surface area contributed by atoms with Gasteiger partial charge in [-0.15, -0.1) is 0 Å². The van der Waals surface area contributed by atoms with Crippen LogP contribution in [-0.4, -0.2) is 5.97 Å². The number of nitrogens with two attached hydrogens (primary N) is 1. The number of rotatable bonds is 3. The highest BCUT2D eigenvalue weighted by atomic mass is 79.9. The lowest BCUT2D eigenvalue weighted by atomic mass is 10.2. The molecule has 0 aliphatic rings. The highest BCUT2D eigenvalue weighted by molar-refractivity contribution is 9.10. The van der Waals surface area contributed by atoms with Crippen LogP contribution < -0.4 is 5.73 Å². The van der Waals surface area contributed by atoms with E-state index in [0.717, 1.165) is 0 Å². The second-order valence-corrected chi connectivity index (χ2v) is 5.25. The number of hydrogen-bond acceptors (Lipinski definition) is 3. The number of esters is 1. The van der Waals surface area contributed by atoms with Crippen molar-refractivity contribution < 1.29 is 13.9 Å². The van der Waals surface area contributed by atoms with Gasteiger partial charge in [-0.2, -0.15) is 0 Å². The van der Waals surface area contributed by atoms with Crippen LogP contribution in [0.2, 0.25) is 5.02 Å². The molecule has 0 fully saturated rings. The molecule has 0 unspecified atom stereocenters. The average Bonchev–Trinajstić information content (AvgIpc) is 2.40. The van der Waals surface area contributed by atoms with Crippen molar-refractivity contribution in [3.63, 3.8) is 0 Å². The highest BCUT2D eigenvalue weighted by Gasteiger charge is 2.14. The van der Waals surface area contributed by atoms with Crippen LogP contribution in [0, 0.1) is 5.82 Å². The maximum atomic E-state index is 13.5. The fourth-order valence-electron chi connectivity index (χ4n) is 1.57. The monoisotopic (exact) mass is 357 g/mol. The summed E-state index contributed by atoms with van der Waals surface area (Å²) in [5.41, 5.74) is 6.65. The maximum absolute atomic E-state index is 13.5. The largest absolute Gasteiger partial charge is 0.457 e. The number of anilines is 1. The van der Waals surface area contributed by atoms with E-state index in [1.54, 1.807) is 18.2 Å². The molecule has 0 aliphatic carbocycles. The third kappa shape index (κ3) is 3.29. The van der Waals surface area contributed by atoms with Gasteiger partial charge in [0.15, 0.2) is 0 Å². The first-order valence-corrected chi connectivity index (χ1v) is 6.81. The summed E-state index contributed by atoms with van der Waals surface area (Å²) < 4.78 is 19.1. The number of benzene rings is 2. The predicted molar refractivity (Wildman–Crippen MR) is 79.1 cm³/mol. The van der Waals surface area contributed by atoms with E-state index in [-0.39, 0.29) is 17.2 Å². The lowest BCUT2D eigenvalue weighted by Gasteiger charge is -2.08. The molecule has 2 aromatic carbocycles. The van der Waals surface area contributed by atoms with Gasteiger partial charge in [0.1, 0.15) is 12.4 Å². The predicted octanol–water partition coefficient (Wildman–Crippen LogP) is 4.18. The summed E-state index contributed by atoms with van der Waals surface area (Å²) in [6.07, 6.45) is 0. The van der Waals surface area contributed by atoms with Crippen LogP contribution in [0.25, 0.3) is 0 Å². The van der Waals surface area contributed by atoms with Gasteiger partial charge < -0.3 is 10.5 Å². The Morgan fingerprint density at radius 1 is 1.35 bits per heavy atom. The molecule has 3 nitrogen and oxygen atoms in total. The van der Waals surface area contributed by atoms with Crippen molar-refractivity contribution in [2.45, 2.75) is 6.61 Å². The van der Waals surface area contributed by atoms with Gasteiger partial charge in [-0.05, 0) is 40.2 Å². The maximum Gasteiger partial charge on any atom is 0.339 e. The van der Waals surface area contributed by atoms with Gasteiger partial charge in [-0.25, -0.2) is 9.18 Å². The van der Waals surface area contributed by atoms with E-state index in [9.17, 15) is 9.18 Å². The van der Waals surface area contributed by atoms with Gasteiger partial charge in [0.2, 0.25) is 0 Å². The van der Waals surface area contributed by atoms with E-state index in [1.165, 1.54) is 18.2 Å². The molecule has 0 saturated heterocycles. The van der Waals surface area contributed by atoms with Crippen LogP contribution >= 0.6 is 27.5 Å². The van der Waals surface area contributed by atoms with Gasteiger partial charge >= 0.3 is 5.97 Å². The zero-order chi connectivity index (χ0) is 14.7. The Hall–Kier alpha value is -1.59. The van der Waals surface area contributed by atoms with Crippen molar-refractivity contribution in [3.05, 3.63) is 62.8 Å². The zero-order valence-corrected chi connectivity index (χ0v) is 12.5. The second kappa shape index (κ2) is 6.24. The lowest BCUT2D eigenvalue weighted by Crippen LogP contribution is -2.08. The van der Waals surface area contributed by atoms with Crippen molar-refractivity contribution in [1.82, 2.24) is 0 Å². The molecule has 0 saturated carbocycles. The Bertz CT molecular complexity index is 664. The van der Waals surface area contributed by atoms with Crippen LogP contribution in [0.15, 0.2) is 40.9 Å². The van der Waals surface area contributed by atoms with Gasteiger partial charge in [0, 0.05) is 16.3 Å². The fourth-order valence-corrected chi connectivity index (χ4v) is 2.15. The third-order valence-electron chi connectivity index (χ3n) is 2.62. The van der Waals surface area contributed by atoms with E-state index >= 15 is 0 Å². The molecular formula is C14H10BrClFNO2. The zero-order valence-electron chi connectivity index (χ0n) is 10.2. The Morgan fingerprint density at radius 2 is 2.10 bits per heavy atom. The molecule has 2 N–H and O–H groups in total. The van der Waals surface area contributed by atoms with Crippen molar-refractivity contribution in [2.24, 2.45) is 0 Å². The van der Waals surface area contributed by atoms with Crippen molar-refractivity contribution in [1.29, 1.82) is 0 Å².